The topological polar surface area (TPSA) is 78.5 Å². The fourth-order valence-electron chi connectivity index (χ4n) is 2.35. The highest BCUT2D eigenvalue weighted by Gasteiger charge is 2.29. The number of amides is 4. The zero-order valence-electron chi connectivity index (χ0n) is 12.2. The highest BCUT2D eigenvalue weighted by molar-refractivity contribution is 6.03. The van der Waals surface area contributed by atoms with Gasteiger partial charge in [-0.05, 0) is 25.8 Å². The summed E-state index contributed by atoms with van der Waals surface area (Å²) in [7, 11) is 0. The van der Waals surface area contributed by atoms with Gasteiger partial charge in [0.2, 0.25) is 11.8 Å². The van der Waals surface area contributed by atoms with Crippen molar-refractivity contribution in [3.05, 3.63) is 35.9 Å². The van der Waals surface area contributed by atoms with E-state index in [-0.39, 0.29) is 24.9 Å². The van der Waals surface area contributed by atoms with Crippen molar-refractivity contribution >= 4 is 17.8 Å². The maximum absolute atomic E-state index is 12.0. The second kappa shape index (κ2) is 5.95. The first-order valence-corrected chi connectivity index (χ1v) is 6.79. The Hall–Kier alpha value is -2.37. The smallest absolute Gasteiger partial charge is 0.325 e. The minimum Gasteiger partial charge on any atom is -0.349 e. The molecule has 0 unspecified atom stereocenters. The van der Waals surface area contributed by atoms with Crippen molar-refractivity contribution in [3.8, 4) is 0 Å². The molecule has 6 nitrogen and oxygen atoms in total. The molecule has 1 saturated heterocycles. The van der Waals surface area contributed by atoms with E-state index in [1.54, 1.807) is 0 Å². The molecule has 0 saturated carbocycles. The van der Waals surface area contributed by atoms with Crippen LogP contribution in [0.3, 0.4) is 0 Å². The molecule has 0 aromatic heterocycles. The quantitative estimate of drug-likeness (QED) is 0.782. The normalized spacial score (nSPS) is 15.0. The Kier molecular flexibility index (Phi) is 4.26. The van der Waals surface area contributed by atoms with Crippen LogP contribution in [0.15, 0.2) is 30.3 Å². The van der Waals surface area contributed by atoms with Crippen LogP contribution in [0.4, 0.5) is 4.79 Å². The molecule has 0 spiro atoms. The number of hydrogen-bond donors (Lipinski definition) is 2. The van der Waals surface area contributed by atoms with Crippen molar-refractivity contribution in [2.75, 3.05) is 13.1 Å². The lowest BCUT2D eigenvalue weighted by atomic mass is 9.95. The van der Waals surface area contributed by atoms with Crippen molar-refractivity contribution in [1.29, 1.82) is 0 Å². The van der Waals surface area contributed by atoms with Gasteiger partial charge in [-0.1, -0.05) is 30.3 Å². The molecule has 0 atom stereocenters. The molecule has 0 aliphatic carbocycles. The number of nitrogens with zero attached hydrogens (tertiary/aromatic N) is 1. The fourth-order valence-corrected chi connectivity index (χ4v) is 2.35. The van der Waals surface area contributed by atoms with E-state index >= 15 is 0 Å². The third-order valence-corrected chi connectivity index (χ3v) is 3.17. The predicted molar refractivity (Wildman–Crippen MR) is 77.5 cm³/mol. The van der Waals surface area contributed by atoms with Gasteiger partial charge in [-0.15, -0.1) is 0 Å². The van der Waals surface area contributed by atoms with Gasteiger partial charge in [-0.2, -0.15) is 0 Å². The average Bonchev–Trinajstić information content (AvgIpc) is 2.67. The Morgan fingerprint density at radius 3 is 2.52 bits per heavy atom. The third-order valence-electron chi connectivity index (χ3n) is 3.17. The molecule has 1 fully saturated rings. The molecule has 2 rings (SSSR count). The first kappa shape index (κ1) is 15.0. The maximum atomic E-state index is 12.0. The molecule has 6 heteroatoms. The number of rotatable bonds is 5. The van der Waals surface area contributed by atoms with E-state index in [1.807, 2.05) is 44.2 Å². The first-order chi connectivity index (χ1) is 9.85. The van der Waals surface area contributed by atoms with Gasteiger partial charge < -0.3 is 10.2 Å². The van der Waals surface area contributed by atoms with Crippen LogP contribution >= 0.6 is 0 Å². The van der Waals surface area contributed by atoms with Crippen LogP contribution in [0, 0.1) is 0 Å². The molecule has 1 aliphatic rings. The molecule has 4 amide bonds. The molecule has 1 aromatic rings. The summed E-state index contributed by atoms with van der Waals surface area (Å²) in [5.41, 5.74) is 0.690. The largest absolute Gasteiger partial charge is 0.349 e. The third kappa shape index (κ3) is 4.30. The van der Waals surface area contributed by atoms with Crippen LogP contribution in [0.5, 0.6) is 0 Å². The summed E-state index contributed by atoms with van der Waals surface area (Å²) in [4.78, 5) is 35.7. The standard InChI is InChI=1S/C15H19N3O3/c1-15(2,8-11-6-4-3-5-7-11)17-13(20)10-18-9-12(19)16-14(18)21/h3-7H,8-10H2,1-2H3,(H,17,20)(H,16,19,21). The Morgan fingerprint density at radius 1 is 1.29 bits per heavy atom. The van der Waals surface area contributed by atoms with E-state index in [2.05, 4.69) is 10.6 Å². The minimum absolute atomic E-state index is 0.0641. The lowest BCUT2D eigenvalue weighted by Gasteiger charge is -2.27. The van der Waals surface area contributed by atoms with Gasteiger partial charge in [0, 0.05) is 5.54 Å². The average molecular weight is 289 g/mol. The molecule has 1 aliphatic heterocycles. The van der Waals surface area contributed by atoms with Crippen molar-refractivity contribution in [3.63, 3.8) is 0 Å². The molecule has 2 N–H and O–H groups in total. The Labute approximate surface area is 123 Å². The number of urea groups is 1. The van der Waals surface area contributed by atoms with Crippen molar-refractivity contribution in [1.82, 2.24) is 15.5 Å². The summed E-state index contributed by atoms with van der Waals surface area (Å²) in [5.74, 6) is -0.655. The molecular weight excluding hydrogens is 270 g/mol. The van der Waals surface area contributed by atoms with Crippen molar-refractivity contribution in [2.45, 2.75) is 25.8 Å². The van der Waals surface area contributed by atoms with Crippen LogP contribution in [0.2, 0.25) is 0 Å². The van der Waals surface area contributed by atoms with Crippen LogP contribution < -0.4 is 10.6 Å². The van der Waals surface area contributed by atoms with E-state index in [1.165, 1.54) is 4.90 Å². The lowest BCUT2D eigenvalue weighted by Crippen LogP contribution is -2.49. The van der Waals surface area contributed by atoms with Gasteiger partial charge in [-0.3, -0.25) is 14.9 Å². The number of carbonyl (C=O) groups excluding carboxylic acids is 3. The Morgan fingerprint density at radius 2 is 1.95 bits per heavy atom. The SMILES string of the molecule is CC(C)(Cc1ccccc1)NC(=O)CN1CC(=O)NC1=O. The van der Waals surface area contributed by atoms with E-state index in [0.717, 1.165) is 5.56 Å². The number of nitrogens with one attached hydrogen (secondary N) is 2. The highest BCUT2D eigenvalue weighted by atomic mass is 16.2. The zero-order valence-corrected chi connectivity index (χ0v) is 12.2. The molecule has 21 heavy (non-hydrogen) atoms. The minimum atomic E-state index is -0.518. The predicted octanol–water partition coefficient (Wildman–Crippen LogP) is 0.676. The second-order valence-corrected chi connectivity index (χ2v) is 5.80. The summed E-state index contributed by atoms with van der Waals surface area (Å²) < 4.78 is 0. The zero-order chi connectivity index (χ0) is 15.5. The number of carbonyl (C=O) groups is 3. The molecule has 0 bridgehead atoms. The van der Waals surface area contributed by atoms with E-state index in [0.29, 0.717) is 6.42 Å². The monoisotopic (exact) mass is 289 g/mol. The summed E-state index contributed by atoms with van der Waals surface area (Å²) in [6.45, 7) is 3.67. The first-order valence-electron chi connectivity index (χ1n) is 6.79. The van der Waals surface area contributed by atoms with E-state index in [9.17, 15) is 14.4 Å². The van der Waals surface area contributed by atoms with Crippen LogP contribution in [-0.4, -0.2) is 41.4 Å². The van der Waals surface area contributed by atoms with Crippen LogP contribution in [-0.2, 0) is 16.0 Å². The van der Waals surface area contributed by atoms with Crippen LogP contribution in [0.25, 0.3) is 0 Å². The Bertz CT molecular complexity index is 555. The molecule has 112 valence electrons. The van der Waals surface area contributed by atoms with Crippen molar-refractivity contribution < 1.29 is 14.4 Å². The van der Waals surface area contributed by atoms with Gasteiger partial charge in [0.1, 0.15) is 13.1 Å². The van der Waals surface area contributed by atoms with Gasteiger partial charge in [0.25, 0.3) is 0 Å². The summed E-state index contributed by atoms with van der Waals surface area (Å²) in [6, 6.07) is 9.33. The molecule has 1 heterocycles. The molecule has 0 radical (unpaired) electrons. The van der Waals surface area contributed by atoms with E-state index in [4.69, 9.17) is 0 Å². The van der Waals surface area contributed by atoms with Gasteiger partial charge in [0.15, 0.2) is 0 Å². The summed E-state index contributed by atoms with van der Waals surface area (Å²) in [6.07, 6.45) is 0.685. The number of hydrogen-bond acceptors (Lipinski definition) is 3. The Balaban J connectivity index is 1.89. The number of benzene rings is 1. The van der Waals surface area contributed by atoms with Crippen LogP contribution in [0.1, 0.15) is 19.4 Å². The highest BCUT2D eigenvalue weighted by Crippen LogP contribution is 2.12. The second-order valence-electron chi connectivity index (χ2n) is 5.80. The van der Waals surface area contributed by atoms with Crippen molar-refractivity contribution in [2.24, 2.45) is 0 Å². The fraction of sp³-hybridized carbons (Fsp3) is 0.400. The maximum Gasteiger partial charge on any atom is 0.325 e. The van der Waals surface area contributed by atoms with E-state index < -0.39 is 11.6 Å². The summed E-state index contributed by atoms with van der Waals surface area (Å²) >= 11 is 0. The summed E-state index contributed by atoms with van der Waals surface area (Å²) in [5, 5.41) is 5.04. The van der Waals surface area contributed by atoms with Gasteiger partial charge in [0.05, 0.1) is 0 Å². The molecule has 1 aromatic carbocycles. The number of imide groups is 1. The van der Waals surface area contributed by atoms with Gasteiger partial charge >= 0.3 is 6.03 Å². The molecular formula is C15H19N3O3. The lowest BCUT2D eigenvalue weighted by molar-refractivity contribution is -0.123. The van der Waals surface area contributed by atoms with Gasteiger partial charge in [-0.25, -0.2) is 4.79 Å².